The van der Waals surface area contributed by atoms with Gasteiger partial charge in [-0.3, -0.25) is 0 Å². The van der Waals surface area contributed by atoms with Crippen LogP contribution in [0.1, 0.15) is 25.6 Å². The van der Waals surface area contributed by atoms with E-state index in [9.17, 15) is 0 Å². The standard InChI is InChI=1S/C15H22N4/c1-2-14-17-15-12(16)6-5-7-13(15)19(14)11-10-18-8-3-4-9-18/h5-7H,2-4,8-11,16H2,1H3. The van der Waals surface area contributed by atoms with Gasteiger partial charge >= 0.3 is 0 Å². The lowest BCUT2D eigenvalue weighted by Crippen LogP contribution is -2.24. The summed E-state index contributed by atoms with van der Waals surface area (Å²) in [6.07, 6.45) is 3.64. The van der Waals surface area contributed by atoms with Crippen LogP contribution in [-0.2, 0) is 13.0 Å². The van der Waals surface area contributed by atoms with Gasteiger partial charge in [0.25, 0.3) is 0 Å². The number of likely N-dealkylation sites (tertiary alicyclic amines) is 1. The number of hydrogen-bond acceptors (Lipinski definition) is 3. The van der Waals surface area contributed by atoms with E-state index in [1.807, 2.05) is 12.1 Å². The molecule has 0 bridgehead atoms. The van der Waals surface area contributed by atoms with Crippen molar-refractivity contribution >= 4 is 16.7 Å². The van der Waals surface area contributed by atoms with E-state index in [4.69, 9.17) is 10.7 Å². The van der Waals surface area contributed by atoms with Crippen molar-refractivity contribution < 1.29 is 0 Å². The van der Waals surface area contributed by atoms with Gasteiger partial charge in [0.15, 0.2) is 0 Å². The van der Waals surface area contributed by atoms with Crippen LogP contribution in [0, 0.1) is 0 Å². The SMILES string of the molecule is CCc1nc2c(N)cccc2n1CCN1CCCC1. The van der Waals surface area contributed by atoms with Crippen LogP contribution in [0.3, 0.4) is 0 Å². The summed E-state index contributed by atoms with van der Waals surface area (Å²) in [7, 11) is 0. The minimum Gasteiger partial charge on any atom is -0.397 e. The van der Waals surface area contributed by atoms with Gasteiger partial charge in [0.1, 0.15) is 11.3 Å². The fourth-order valence-electron chi connectivity index (χ4n) is 2.98. The smallest absolute Gasteiger partial charge is 0.112 e. The van der Waals surface area contributed by atoms with Gasteiger partial charge in [-0.25, -0.2) is 4.98 Å². The summed E-state index contributed by atoms with van der Waals surface area (Å²) in [6, 6.07) is 6.08. The third-order valence-corrected chi connectivity index (χ3v) is 4.04. The Bertz CT molecular complexity index is 567. The van der Waals surface area contributed by atoms with Crippen molar-refractivity contribution in [1.29, 1.82) is 0 Å². The number of nitrogens with zero attached hydrogens (tertiary/aromatic N) is 3. The van der Waals surface area contributed by atoms with Gasteiger partial charge in [0.05, 0.1) is 11.2 Å². The molecule has 0 amide bonds. The van der Waals surface area contributed by atoms with Crippen LogP contribution in [0.5, 0.6) is 0 Å². The quantitative estimate of drug-likeness (QED) is 0.856. The predicted octanol–water partition coefficient (Wildman–Crippen LogP) is 2.28. The van der Waals surface area contributed by atoms with E-state index in [0.29, 0.717) is 0 Å². The molecular formula is C15H22N4. The van der Waals surface area contributed by atoms with Gasteiger partial charge < -0.3 is 15.2 Å². The zero-order valence-corrected chi connectivity index (χ0v) is 11.6. The van der Waals surface area contributed by atoms with Gasteiger partial charge in [0.2, 0.25) is 0 Å². The highest BCUT2D eigenvalue weighted by Crippen LogP contribution is 2.22. The molecule has 1 aliphatic heterocycles. The van der Waals surface area contributed by atoms with Crippen molar-refractivity contribution in [2.45, 2.75) is 32.7 Å². The molecule has 0 atom stereocenters. The van der Waals surface area contributed by atoms with E-state index in [1.54, 1.807) is 0 Å². The largest absolute Gasteiger partial charge is 0.397 e. The average Bonchev–Trinajstić information content (AvgIpc) is 3.03. The summed E-state index contributed by atoms with van der Waals surface area (Å²) < 4.78 is 2.34. The first-order chi connectivity index (χ1) is 9.29. The molecule has 1 aromatic heterocycles. The maximum Gasteiger partial charge on any atom is 0.112 e. The fraction of sp³-hybridized carbons (Fsp3) is 0.533. The van der Waals surface area contributed by atoms with Crippen LogP contribution >= 0.6 is 0 Å². The number of benzene rings is 1. The van der Waals surface area contributed by atoms with Crippen LogP contribution in [0.4, 0.5) is 5.69 Å². The summed E-state index contributed by atoms with van der Waals surface area (Å²) in [4.78, 5) is 7.23. The first kappa shape index (κ1) is 12.5. The Morgan fingerprint density at radius 2 is 2.00 bits per heavy atom. The number of nitrogen functional groups attached to an aromatic ring is 1. The van der Waals surface area contributed by atoms with E-state index in [-0.39, 0.29) is 0 Å². The molecule has 2 heterocycles. The van der Waals surface area contributed by atoms with E-state index in [0.717, 1.165) is 36.5 Å². The fourth-order valence-corrected chi connectivity index (χ4v) is 2.98. The van der Waals surface area contributed by atoms with Gasteiger partial charge in [-0.1, -0.05) is 13.0 Å². The van der Waals surface area contributed by atoms with E-state index in [1.165, 1.54) is 31.4 Å². The summed E-state index contributed by atoms with van der Waals surface area (Å²) in [6.45, 7) is 6.78. The van der Waals surface area contributed by atoms with Crippen LogP contribution < -0.4 is 5.73 Å². The van der Waals surface area contributed by atoms with Crippen molar-refractivity contribution in [2.75, 3.05) is 25.4 Å². The number of fused-ring (bicyclic) bond motifs is 1. The molecule has 1 fully saturated rings. The lowest BCUT2D eigenvalue weighted by molar-refractivity contribution is 0.322. The molecule has 1 saturated heterocycles. The number of hydrogen-bond donors (Lipinski definition) is 1. The Balaban J connectivity index is 1.89. The highest BCUT2D eigenvalue weighted by Gasteiger charge is 2.14. The van der Waals surface area contributed by atoms with Crippen LogP contribution in [0.2, 0.25) is 0 Å². The molecule has 3 rings (SSSR count). The maximum atomic E-state index is 6.03. The average molecular weight is 258 g/mol. The molecule has 2 N–H and O–H groups in total. The van der Waals surface area contributed by atoms with Crippen molar-refractivity contribution in [3.8, 4) is 0 Å². The Morgan fingerprint density at radius 3 is 2.74 bits per heavy atom. The van der Waals surface area contributed by atoms with Gasteiger partial charge in [-0.15, -0.1) is 0 Å². The number of aryl methyl sites for hydroxylation is 1. The molecule has 1 aromatic carbocycles. The molecule has 102 valence electrons. The highest BCUT2D eigenvalue weighted by atomic mass is 15.2. The molecule has 0 saturated carbocycles. The lowest BCUT2D eigenvalue weighted by Gasteiger charge is -2.16. The third-order valence-electron chi connectivity index (χ3n) is 4.04. The number of anilines is 1. The monoisotopic (exact) mass is 258 g/mol. The second kappa shape index (κ2) is 5.21. The van der Waals surface area contributed by atoms with Crippen molar-refractivity contribution in [2.24, 2.45) is 0 Å². The van der Waals surface area contributed by atoms with Crippen molar-refractivity contribution in [3.63, 3.8) is 0 Å². The number of para-hydroxylation sites is 1. The number of rotatable bonds is 4. The second-order valence-corrected chi connectivity index (χ2v) is 5.30. The second-order valence-electron chi connectivity index (χ2n) is 5.30. The van der Waals surface area contributed by atoms with Gasteiger partial charge in [-0.2, -0.15) is 0 Å². The molecule has 0 aliphatic carbocycles. The lowest BCUT2D eigenvalue weighted by atomic mass is 10.3. The Labute approximate surface area is 114 Å². The molecule has 4 heteroatoms. The predicted molar refractivity (Wildman–Crippen MR) is 79.2 cm³/mol. The molecule has 2 aromatic rings. The van der Waals surface area contributed by atoms with Crippen LogP contribution in [0.15, 0.2) is 18.2 Å². The first-order valence-electron chi connectivity index (χ1n) is 7.25. The Morgan fingerprint density at radius 1 is 1.21 bits per heavy atom. The van der Waals surface area contributed by atoms with Crippen LogP contribution in [-0.4, -0.2) is 34.1 Å². The Kier molecular flexibility index (Phi) is 3.42. The molecular weight excluding hydrogens is 236 g/mol. The van der Waals surface area contributed by atoms with E-state index >= 15 is 0 Å². The minimum absolute atomic E-state index is 0.784. The topological polar surface area (TPSA) is 47.1 Å². The third kappa shape index (κ3) is 2.32. The zero-order chi connectivity index (χ0) is 13.2. The summed E-state index contributed by atoms with van der Waals surface area (Å²) >= 11 is 0. The molecule has 0 radical (unpaired) electrons. The van der Waals surface area contributed by atoms with Crippen molar-refractivity contribution in [3.05, 3.63) is 24.0 Å². The van der Waals surface area contributed by atoms with Gasteiger partial charge in [0, 0.05) is 19.5 Å². The maximum absolute atomic E-state index is 6.03. The summed E-state index contributed by atoms with van der Waals surface area (Å²) in [5, 5.41) is 0. The summed E-state index contributed by atoms with van der Waals surface area (Å²) in [5.74, 6) is 1.15. The number of nitrogens with two attached hydrogens (primary N) is 1. The highest BCUT2D eigenvalue weighted by molar-refractivity contribution is 5.87. The first-order valence-corrected chi connectivity index (χ1v) is 7.25. The van der Waals surface area contributed by atoms with E-state index < -0.39 is 0 Å². The number of aromatic nitrogens is 2. The molecule has 4 nitrogen and oxygen atoms in total. The van der Waals surface area contributed by atoms with Crippen LogP contribution in [0.25, 0.3) is 11.0 Å². The molecule has 0 spiro atoms. The zero-order valence-electron chi connectivity index (χ0n) is 11.6. The molecule has 19 heavy (non-hydrogen) atoms. The normalized spacial score (nSPS) is 16.5. The van der Waals surface area contributed by atoms with Gasteiger partial charge in [-0.05, 0) is 38.1 Å². The molecule has 1 aliphatic rings. The van der Waals surface area contributed by atoms with E-state index in [2.05, 4.69) is 22.5 Å². The van der Waals surface area contributed by atoms with Crippen molar-refractivity contribution in [1.82, 2.24) is 14.5 Å². The summed E-state index contributed by atoms with van der Waals surface area (Å²) in [5.41, 5.74) is 8.95. The Hall–Kier alpha value is -1.55. The number of imidazole rings is 1. The minimum atomic E-state index is 0.784. The molecule has 0 unspecified atom stereocenters.